The van der Waals surface area contributed by atoms with Crippen LogP contribution >= 0.6 is 34.8 Å². The molecule has 0 aliphatic rings. The molecule has 0 atom stereocenters. The number of benzene rings is 2. The van der Waals surface area contributed by atoms with Crippen molar-refractivity contribution in [1.82, 2.24) is 0 Å². The molecule has 0 bridgehead atoms. The fraction of sp³-hybridized carbons (Fsp3) is 0.200. The molecule has 2 aromatic rings. The van der Waals surface area contributed by atoms with Gasteiger partial charge in [0.1, 0.15) is 0 Å². The molecule has 132 valence electrons. The van der Waals surface area contributed by atoms with Gasteiger partial charge in [0.05, 0.1) is 25.6 Å². The maximum Gasteiger partial charge on any atom is 0.300 e. The number of nitrogens with one attached hydrogen (secondary N) is 1. The average Bonchev–Trinajstić information content (AvgIpc) is 2.49. The van der Waals surface area contributed by atoms with Crippen LogP contribution in [0.5, 0.6) is 0 Å². The Hall–Kier alpha value is -2.09. The molecule has 2 aromatic carbocycles. The molecule has 0 saturated heterocycles. The van der Waals surface area contributed by atoms with Crippen molar-refractivity contribution in [3.63, 3.8) is 0 Å². The molecular formula is C15H12Cl3N3O4. The van der Waals surface area contributed by atoms with E-state index in [2.05, 4.69) is 5.32 Å². The number of anilines is 2. The van der Waals surface area contributed by atoms with E-state index < -0.39 is 21.2 Å². The molecule has 0 radical (unpaired) electrons. The van der Waals surface area contributed by atoms with E-state index >= 15 is 0 Å². The van der Waals surface area contributed by atoms with E-state index in [1.807, 2.05) is 0 Å². The number of nitro groups is 2. The van der Waals surface area contributed by atoms with Crippen LogP contribution in [-0.2, 0) is 0 Å². The van der Waals surface area contributed by atoms with Crippen LogP contribution in [0.3, 0.4) is 0 Å². The summed E-state index contributed by atoms with van der Waals surface area (Å²) in [5.74, 6) is -0.130. The van der Waals surface area contributed by atoms with Crippen molar-refractivity contribution in [1.29, 1.82) is 0 Å². The highest BCUT2D eigenvalue weighted by atomic mass is 35.5. The number of nitro benzene ring substituents is 2. The Labute approximate surface area is 157 Å². The molecule has 1 N–H and O–H groups in total. The van der Waals surface area contributed by atoms with Crippen molar-refractivity contribution in [2.75, 3.05) is 5.32 Å². The highest BCUT2D eigenvalue weighted by Gasteiger charge is 2.28. The standard InChI is InChI=1S/C15H12Cl3N3O4/c1-7(2)8-3-12(20(22)23)15(13(4-8)21(24)25)19-14-10(17)5-9(16)6-11(14)18/h3-7,19H,1-2H3. The van der Waals surface area contributed by atoms with Crippen molar-refractivity contribution in [3.8, 4) is 0 Å². The number of hydrogen-bond acceptors (Lipinski definition) is 5. The predicted octanol–water partition coefficient (Wildman–Crippen LogP) is 6.33. The zero-order chi connectivity index (χ0) is 18.9. The lowest BCUT2D eigenvalue weighted by atomic mass is 10.0. The average molecular weight is 405 g/mol. The normalized spacial score (nSPS) is 10.8. The topological polar surface area (TPSA) is 98.3 Å². The molecule has 0 spiro atoms. The second-order valence-electron chi connectivity index (χ2n) is 5.47. The lowest BCUT2D eigenvalue weighted by molar-refractivity contribution is -0.392. The summed E-state index contributed by atoms with van der Waals surface area (Å²) >= 11 is 17.9. The number of halogens is 3. The van der Waals surface area contributed by atoms with Gasteiger partial charge in [-0.2, -0.15) is 0 Å². The highest BCUT2D eigenvalue weighted by Crippen LogP contribution is 2.43. The minimum Gasteiger partial charge on any atom is -0.342 e. The number of rotatable bonds is 5. The molecule has 2 rings (SSSR count). The van der Waals surface area contributed by atoms with Gasteiger partial charge in [0.15, 0.2) is 5.69 Å². The van der Waals surface area contributed by atoms with Gasteiger partial charge in [0, 0.05) is 17.2 Å². The lowest BCUT2D eigenvalue weighted by Crippen LogP contribution is -2.04. The third-order valence-corrected chi connectivity index (χ3v) is 4.25. The first-order valence-electron chi connectivity index (χ1n) is 7.00. The van der Waals surface area contributed by atoms with Gasteiger partial charge >= 0.3 is 0 Å². The Morgan fingerprint density at radius 2 is 1.32 bits per heavy atom. The summed E-state index contributed by atoms with van der Waals surface area (Å²) in [6.07, 6.45) is 0. The van der Waals surface area contributed by atoms with Crippen LogP contribution in [0.1, 0.15) is 25.3 Å². The summed E-state index contributed by atoms with van der Waals surface area (Å²) in [5.41, 5.74) is -0.626. The lowest BCUT2D eigenvalue weighted by Gasteiger charge is -2.13. The van der Waals surface area contributed by atoms with Crippen LogP contribution < -0.4 is 5.32 Å². The number of hydrogen-bond donors (Lipinski definition) is 1. The monoisotopic (exact) mass is 403 g/mol. The van der Waals surface area contributed by atoms with Crippen LogP contribution in [0.25, 0.3) is 0 Å². The summed E-state index contributed by atoms with van der Waals surface area (Å²) in [4.78, 5) is 21.5. The highest BCUT2D eigenvalue weighted by molar-refractivity contribution is 6.42. The molecule has 0 fully saturated rings. The maximum absolute atomic E-state index is 11.4. The Morgan fingerprint density at radius 1 is 0.880 bits per heavy atom. The van der Waals surface area contributed by atoms with Gasteiger partial charge in [0.25, 0.3) is 11.4 Å². The van der Waals surface area contributed by atoms with Gasteiger partial charge in [-0.05, 0) is 23.6 Å². The zero-order valence-corrected chi connectivity index (χ0v) is 15.3. The van der Waals surface area contributed by atoms with E-state index in [0.29, 0.717) is 5.56 Å². The summed E-state index contributed by atoms with van der Waals surface area (Å²) < 4.78 is 0. The maximum atomic E-state index is 11.4. The van der Waals surface area contributed by atoms with E-state index in [9.17, 15) is 20.2 Å². The molecule has 25 heavy (non-hydrogen) atoms. The van der Waals surface area contributed by atoms with E-state index in [4.69, 9.17) is 34.8 Å². The Kier molecular flexibility index (Phi) is 5.72. The van der Waals surface area contributed by atoms with Crippen LogP contribution in [-0.4, -0.2) is 9.85 Å². The molecule has 0 heterocycles. The van der Waals surface area contributed by atoms with Crippen molar-refractivity contribution < 1.29 is 9.85 Å². The van der Waals surface area contributed by atoms with Gasteiger partial charge in [-0.3, -0.25) is 20.2 Å². The molecule has 0 saturated carbocycles. The van der Waals surface area contributed by atoms with E-state index in [1.165, 1.54) is 24.3 Å². The summed E-state index contributed by atoms with van der Waals surface area (Å²) in [6.45, 7) is 3.56. The third kappa shape index (κ3) is 4.12. The van der Waals surface area contributed by atoms with Crippen LogP contribution in [0, 0.1) is 20.2 Å². The van der Waals surface area contributed by atoms with Crippen molar-refractivity contribution >= 4 is 57.6 Å². The molecule has 0 unspecified atom stereocenters. The molecule has 0 amide bonds. The van der Waals surface area contributed by atoms with E-state index in [1.54, 1.807) is 13.8 Å². The SMILES string of the molecule is CC(C)c1cc([N+](=O)[O-])c(Nc2c(Cl)cc(Cl)cc2Cl)c([N+](=O)[O-])c1. The van der Waals surface area contributed by atoms with Gasteiger partial charge in [-0.25, -0.2) is 0 Å². The Balaban J connectivity index is 2.72. The Bertz CT molecular complexity index is 813. The summed E-state index contributed by atoms with van der Waals surface area (Å²) in [5, 5.41) is 25.9. The van der Waals surface area contributed by atoms with Crippen molar-refractivity contribution in [2.24, 2.45) is 0 Å². The van der Waals surface area contributed by atoms with Gasteiger partial charge in [0.2, 0.25) is 0 Å². The third-order valence-electron chi connectivity index (χ3n) is 3.44. The smallest absolute Gasteiger partial charge is 0.300 e. The molecule has 10 heteroatoms. The van der Waals surface area contributed by atoms with Crippen molar-refractivity contribution in [2.45, 2.75) is 19.8 Å². The largest absolute Gasteiger partial charge is 0.342 e. The minimum atomic E-state index is -0.695. The summed E-state index contributed by atoms with van der Waals surface area (Å²) in [7, 11) is 0. The fourth-order valence-corrected chi connectivity index (χ4v) is 3.08. The van der Waals surface area contributed by atoms with Crippen molar-refractivity contribution in [3.05, 3.63) is 65.1 Å². The van der Waals surface area contributed by atoms with E-state index in [0.717, 1.165) is 0 Å². The fourth-order valence-electron chi connectivity index (χ4n) is 2.17. The quantitative estimate of drug-likeness (QED) is 0.463. The first-order chi connectivity index (χ1) is 11.6. The first-order valence-corrected chi connectivity index (χ1v) is 8.13. The second-order valence-corrected chi connectivity index (χ2v) is 6.72. The molecule has 0 aliphatic heterocycles. The summed E-state index contributed by atoms with van der Waals surface area (Å²) in [6, 6.07) is 5.32. The first kappa shape index (κ1) is 19.2. The molecule has 0 aromatic heterocycles. The zero-order valence-electron chi connectivity index (χ0n) is 13.0. The minimum absolute atomic E-state index is 0.0778. The van der Waals surface area contributed by atoms with Crippen LogP contribution in [0.2, 0.25) is 15.1 Å². The molecule has 0 aliphatic carbocycles. The van der Waals surface area contributed by atoms with Gasteiger partial charge in [-0.15, -0.1) is 0 Å². The number of nitrogens with zero attached hydrogens (tertiary/aromatic N) is 2. The molecular weight excluding hydrogens is 393 g/mol. The predicted molar refractivity (Wildman–Crippen MR) is 98.6 cm³/mol. The van der Waals surface area contributed by atoms with Gasteiger partial charge < -0.3 is 5.32 Å². The van der Waals surface area contributed by atoms with Crippen LogP contribution in [0.15, 0.2) is 24.3 Å². The van der Waals surface area contributed by atoms with Crippen LogP contribution in [0.4, 0.5) is 22.7 Å². The van der Waals surface area contributed by atoms with Gasteiger partial charge in [-0.1, -0.05) is 48.7 Å². The second kappa shape index (κ2) is 7.43. The molecule has 7 nitrogen and oxygen atoms in total. The Morgan fingerprint density at radius 3 is 1.68 bits per heavy atom. The van der Waals surface area contributed by atoms with E-state index in [-0.39, 0.29) is 32.4 Å².